The highest BCUT2D eigenvalue weighted by Crippen LogP contribution is 2.52. The average molecular weight is 890 g/mol. The first-order valence-electron chi connectivity index (χ1n) is 24.2. The summed E-state index contributed by atoms with van der Waals surface area (Å²) >= 11 is 0. The lowest BCUT2D eigenvalue weighted by molar-refractivity contribution is 1.17. The fraction of sp³-hybridized carbons (Fsp3) is 0. The zero-order chi connectivity index (χ0) is 46.1. The van der Waals surface area contributed by atoms with Crippen molar-refractivity contribution in [1.82, 2.24) is 4.57 Å². The van der Waals surface area contributed by atoms with Gasteiger partial charge in [-0.25, -0.2) is 0 Å². The van der Waals surface area contributed by atoms with Gasteiger partial charge in [-0.2, -0.15) is 0 Å². The van der Waals surface area contributed by atoms with Gasteiger partial charge < -0.3 is 14.4 Å². The van der Waals surface area contributed by atoms with Crippen LogP contribution in [0, 0.1) is 0 Å². The lowest BCUT2D eigenvalue weighted by atomic mass is 9.33. The third-order valence-corrected chi connectivity index (χ3v) is 14.6. The zero-order valence-corrected chi connectivity index (χ0v) is 38.3. The van der Waals surface area contributed by atoms with Crippen LogP contribution in [0.5, 0.6) is 0 Å². The Bertz CT molecular complexity index is 3790. The minimum Gasteiger partial charge on any atom is -0.310 e. The summed E-state index contributed by atoms with van der Waals surface area (Å²) in [4.78, 5) is 5.19. The molecule has 0 radical (unpaired) electrons. The van der Waals surface area contributed by atoms with Crippen molar-refractivity contribution in [2.45, 2.75) is 0 Å². The van der Waals surface area contributed by atoms with Crippen LogP contribution in [0.25, 0.3) is 72.0 Å². The predicted molar refractivity (Wildman–Crippen MR) is 297 cm³/mol. The molecule has 2 aliphatic rings. The van der Waals surface area contributed by atoms with E-state index in [0.717, 1.165) is 28.4 Å². The maximum atomic E-state index is 2.61. The number of benzene rings is 11. The van der Waals surface area contributed by atoms with Gasteiger partial charge in [-0.1, -0.05) is 224 Å². The van der Waals surface area contributed by atoms with E-state index in [2.05, 4.69) is 281 Å². The molecule has 0 fully saturated rings. The molecule has 0 saturated heterocycles. The summed E-state index contributed by atoms with van der Waals surface area (Å²) in [6.45, 7) is -0.0646. The highest BCUT2D eigenvalue weighted by atomic mass is 15.2. The normalized spacial score (nSPS) is 12.5. The van der Waals surface area contributed by atoms with Crippen molar-refractivity contribution in [1.29, 1.82) is 0 Å². The van der Waals surface area contributed by atoms with Crippen molar-refractivity contribution in [3.8, 4) is 50.2 Å². The molecule has 0 spiro atoms. The smallest absolute Gasteiger partial charge is 0.252 e. The van der Waals surface area contributed by atoms with E-state index in [9.17, 15) is 0 Å². The minimum atomic E-state index is -0.0646. The molecule has 0 N–H and O–H groups in total. The van der Waals surface area contributed by atoms with Crippen molar-refractivity contribution in [2.24, 2.45) is 0 Å². The van der Waals surface area contributed by atoms with E-state index in [-0.39, 0.29) is 6.71 Å². The van der Waals surface area contributed by atoms with Gasteiger partial charge >= 0.3 is 0 Å². The second kappa shape index (κ2) is 16.3. The van der Waals surface area contributed by atoms with Crippen LogP contribution in [-0.2, 0) is 0 Å². The second-order valence-corrected chi connectivity index (χ2v) is 18.4. The number of nitrogens with zero attached hydrogens (tertiary/aromatic N) is 3. The third-order valence-electron chi connectivity index (χ3n) is 14.6. The number of rotatable bonds is 7. The molecule has 12 aromatic rings. The first-order chi connectivity index (χ1) is 34.8. The second-order valence-electron chi connectivity index (χ2n) is 18.4. The highest BCUT2D eigenvalue weighted by molar-refractivity contribution is 7.00. The Morgan fingerprint density at radius 2 is 0.643 bits per heavy atom. The highest BCUT2D eigenvalue weighted by Gasteiger charge is 2.44. The van der Waals surface area contributed by atoms with Crippen LogP contribution in [0.15, 0.2) is 267 Å². The molecule has 0 bridgehead atoms. The molecule has 4 heteroatoms. The van der Waals surface area contributed by atoms with Crippen LogP contribution in [0.4, 0.5) is 34.1 Å². The van der Waals surface area contributed by atoms with Gasteiger partial charge in [0.05, 0.1) is 22.4 Å². The summed E-state index contributed by atoms with van der Waals surface area (Å²) in [7, 11) is 0. The Labute approximate surface area is 408 Å². The number of aromatic nitrogens is 1. The maximum Gasteiger partial charge on any atom is 0.252 e. The molecule has 2 aliphatic heterocycles. The van der Waals surface area contributed by atoms with E-state index in [1.54, 1.807) is 0 Å². The molecule has 0 unspecified atom stereocenters. The maximum absolute atomic E-state index is 2.61. The molecule has 11 aromatic carbocycles. The van der Waals surface area contributed by atoms with Crippen LogP contribution in [0.2, 0.25) is 0 Å². The monoisotopic (exact) mass is 889 g/mol. The summed E-state index contributed by atoms with van der Waals surface area (Å²) in [6, 6.07) is 98.3. The summed E-state index contributed by atoms with van der Waals surface area (Å²) in [6.07, 6.45) is 0. The molecule has 0 amide bonds. The molecule has 0 atom stereocenters. The molecular formula is C66H44BN3. The molecule has 0 aliphatic carbocycles. The van der Waals surface area contributed by atoms with Gasteiger partial charge in [0.2, 0.25) is 0 Å². The lowest BCUT2D eigenvalue weighted by Gasteiger charge is -2.45. The number of anilines is 6. The standard InChI is InChI=1S/C66H44BN3/c1-5-22-45(23-6-1)50-32-19-33-51(46-24-7-2-8-25-46)65(50)69-60-39-18-15-36-56(60)67-57-43-42-49(68-58-37-16-13-30-54(58)55-31-14-17-38-59(55)68)44-63(57)70(62-41-21-40-61(69)64(62)67)66-52(47-26-9-3-10-27-47)34-20-35-53(66)48-28-11-4-12-29-48/h1-44H. The van der Waals surface area contributed by atoms with Crippen molar-refractivity contribution >= 4 is 79.0 Å². The van der Waals surface area contributed by atoms with E-state index in [4.69, 9.17) is 0 Å². The molecule has 3 nitrogen and oxygen atoms in total. The van der Waals surface area contributed by atoms with E-state index >= 15 is 0 Å². The lowest BCUT2D eigenvalue weighted by Crippen LogP contribution is -2.61. The number of hydrogen-bond donors (Lipinski definition) is 0. The number of para-hydroxylation sites is 5. The van der Waals surface area contributed by atoms with Crippen LogP contribution < -0.4 is 26.2 Å². The van der Waals surface area contributed by atoms with Crippen molar-refractivity contribution in [3.63, 3.8) is 0 Å². The van der Waals surface area contributed by atoms with E-state index in [0.29, 0.717) is 0 Å². The molecule has 3 heterocycles. The van der Waals surface area contributed by atoms with Crippen LogP contribution in [0.3, 0.4) is 0 Å². The summed E-state index contributed by atoms with van der Waals surface area (Å²) in [5, 5.41) is 2.49. The van der Waals surface area contributed by atoms with Crippen molar-refractivity contribution in [3.05, 3.63) is 267 Å². The Morgan fingerprint density at radius 1 is 0.271 bits per heavy atom. The average Bonchev–Trinajstić information content (AvgIpc) is 3.78. The molecule has 326 valence electrons. The Balaban J connectivity index is 1.11. The van der Waals surface area contributed by atoms with Gasteiger partial charge in [-0.15, -0.1) is 0 Å². The molecule has 0 saturated carbocycles. The fourth-order valence-electron chi connectivity index (χ4n) is 11.7. The summed E-state index contributed by atoms with van der Waals surface area (Å²) in [5.74, 6) is 0. The number of hydrogen-bond acceptors (Lipinski definition) is 2. The van der Waals surface area contributed by atoms with Gasteiger partial charge in [-0.3, -0.25) is 0 Å². The van der Waals surface area contributed by atoms with Gasteiger partial charge in [-0.05, 0) is 81.1 Å². The van der Waals surface area contributed by atoms with Crippen LogP contribution >= 0.6 is 0 Å². The third kappa shape index (κ3) is 6.17. The Kier molecular flexibility index (Phi) is 9.31. The van der Waals surface area contributed by atoms with E-state index in [1.807, 2.05) is 0 Å². The molecule has 70 heavy (non-hydrogen) atoms. The van der Waals surface area contributed by atoms with Crippen molar-refractivity contribution in [2.75, 3.05) is 9.80 Å². The topological polar surface area (TPSA) is 11.4 Å². The first kappa shape index (κ1) is 40.0. The Hall–Kier alpha value is -9.12. The molecule has 14 rings (SSSR count). The largest absolute Gasteiger partial charge is 0.310 e. The predicted octanol–water partition coefficient (Wildman–Crippen LogP) is 15.5. The number of fused-ring (bicyclic) bond motifs is 7. The summed E-state index contributed by atoms with van der Waals surface area (Å²) < 4.78 is 2.46. The molecule has 1 aromatic heterocycles. The first-order valence-corrected chi connectivity index (χ1v) is 24.2. The Morgan fingerprint density at radius 3 is 1.13 bits per heavy atom. The van der Waals surface area contributed by atoms with Crippen LogP contribution in [0.1, 0.15) is 0 Å². The van der Waals surface area contributed by atoms with E-state index in [1.165, 1.54) is 94.1 Å². The van der Waals surface area contributed by atoms with E-state index < -0.39 is 0 Å². The minimum absolute atomic E-state index is 0.0646. The van der Waals surface area contributed by atoms with Crippen molar-refractivity contribution < 1.29 is 0 Å². The molecular weight excluding hydrogens is 846 g/mol. The zero-order valence-electron chi connectivity index (χ0n) is 38.3. The summed E-state index contributed by atoms with van der Waals surface area (Å²) in [5.41, 5.74) is 23.7. The van der Waals surface area contributed by atoms with Gasteiger partial charge in [0.1, 0.15) is 0 Å². The SMILES string of the molecule is c1ccc(-c2cccc(-c3ccccc3)c2N2c3ccccc3B3c4ccc(-n5c6ccccc6c6ccccc65)cc4N(c4c(-c5ccccc5)cccc4-c4ccccc4)c4cccc2c43)cc1. The van der Waals surface area contributed by atoms with Crippen LogP contribution in [-0.4, -0.2) is 11.3 Å². The quantitative estimate of drug-likeness (QED) is 0.148. The fourth-order valence-corrected chi connectivity index (χ4v) is 11.7. The van der Waals surface area contributed by atoms with Gasteiger partial charge in [0, 0.05) is 61.5 Å². The van der Waals surface area contributed by atoms with Gasteiger partial charge in [0.15, 0.2) is 0 Å². The van der Waals surface area contributed by atoms with Gasteiger partial charge in [0.25, 0.3) is 6.71 Å².